The molecule has 230 valence electrons. The van der Waals surface area contributed by atoms with Crippen molar-refractivity contribution in [1.29, 1.82) is 0 Å². The van der Waals surface area contributed by atoms with Crippen molar-refractivity contribution in [3.63, 3.8) is 0 Å². The minimum absolute atomic E-state index is 0.384. The molecule has 5 heterocycles. The molecule has 10 nitrogen and oxygen atoms in total. The normalized spacial score (nSPS) is 13.8. The third-order valence-electron chi connectivity index (χ3n) is 8.06. The number of pyridine rings is 2. The second-order valence-electron chi connectivity index (χ2n) is 11.6. The summed E-state index contributed by atoms with van der Waals surface area (Å²) in [7, 11) is 4.03. The molecule has 0 aliphatic carbocycles. The van der Waals surface area contributed by atoms with Crippen LogP contribution < -0.4 is 9.47 Å². The van der Waals surface area contributed by atoms with Gasteiger partial charge in [0, 0.05) is 48.1 Å². The number of nitrogens with one attached hydrogen (secondary N) is 2. The number of likely N-dealkylation sites (N-methyl/N-ethyl adjacent to an activating group) is 1. The Bertz CT molecular complexity index is 1950. The molecule has 1 aliphatic heterocycles. The van der Waals surface area contributed by atoms with E-state index in [1.54, 1.807) is 12.4 Å². The van der Waals surface area contributed by atoms with E-state index in [0.29, 0.717) is 47.3 Å². The van der Waals surface area contributed by atoms with Crippen molar-refractivity contribution in [2.45, 2.75) is 12.8 Å². The van der Waals surface area contributed by atoms with Gasteiger partial charge in [-0.2, -0.15) is 5.10 Å². The third-order valence-corrected chi connectivity index (χ3v) is 8.06. The maximum absolute atomic E-state index is 14.8. The summed E-state index contributed by atoms with van der Waals surface area (Å²) in [5.74, 6) is 1.40. The van der Waals surface area contributed by atoms with E-state index in [-0.39, 0.29) is 5.82 Å². The lowest BCUT2D eigenvalue weighted by Crippen LogP contribution is -2.25. The van der Waals surface area contributed by atoms with Gasteiger partial charge in [-0.05, 0) is 82.0 Å². The fourth-order valence-corrected chi connectivity index (χ4v) is 5.72. The maximum Gasteiger partial charge on any atom is 0.159 e. The van der Waals surface area contributed by atoms with Crippen molar-refractivity contribution in [2.24, 2.45) is 0 Å². The Morgan fingerprint density at radius 2 is 1.71 bits per heavy atom. The van der Waals surface area contributed by atoms with Crippen molar-refractivity contribution < 1.29 is 13.9 Å². The highest BCUT2D eigenvalue weighted by Crippen LogP contribution is 2.34. The number of ether oxygens (including phenoxy) is 2. The summed E-state index contributed by atoms with van der Waals surface area (Å²) in [6, 6.07) is 14.6. The Balaban J connectivity index is 1.18. The number of aromatic amines is 2. The van der Waals surface area contributed by atoms with Crippen molar-refractivity contribution in [2.75, 3.05) is 53.5 Å². The molecule has 2 N–H and O–H groups in total. The number of hydrogen-bond acceptors (Lipinski definition) is 8. The van der Waals surface area contributed by atoms with E-state index >= 15 is 0 Å². The van der Waals surface area contributed by atoms with Crippen LogP contribution in [0.1, 0.15) is 12.8 Å². The van der Waals surface area contributed by atoms with Gasteiger partial charge in [0.1, 0.15) is 41.7 Å². The molecule has 0 saturated carbocycles. The second kappa shape index (κ2) is 12.6. The predicted octanol–water partition coefficient (Wildman–Crippen LogP) is 5.78. The number of halogens is 1. The van der Waals surface area contributed by atoms with Crippen molar-refractivity contribution in [3.8, 4) is 45.4 Å². The average molecular weight is 607 g/mol. The van der Waals surface area contributed by atoms with Crippen LogP contribution in [0.2, 0.25) is 0 Å². The molecular formula is C34H35FN8O2. The molecule has 11 heteroatoms. The average Bonchev–Trinajstić information content (AvgIpc) is 3.80. The first kappa shape index (κ1) is 28.9. The van der Waals surface area contributed by atoms with Crippen molar-refractivity contribution in [1.82, 2.24) is 39.9 Å². The fraction of sp³-hybridized carbons (Fsp3) is 0.294. The first-order chi connectivity index (χ1) is 22.0. The molecule has 7 rings (SSSR count). The number of fused-ring (bicyclic) bond motifs is 2. The molecule has 0 bridgehead atoms. The Morgan fingerprint density at radius 3 is 2.58 bits per heavy atom. The quantitative estimate of drug-likeness (QED) is 0.191. The zero-order valence-corrected chi connectivity index (χ0v) is 25.4. The van der Waals surface area contributed by atoms with Crippen LogP contribution >= 0.6 is 0 Å². The van der Waals surface area contributed by atoms with E-state index in [4.69, 9.17) is 14.5 Å². The third kappa shape index (κ3) is 6.36. The molecule has 0 radical (unpaired) electrons. The Hall–Kier alpha value is -4.87. The van der Waals surface area contributed by atoms with Crippen LogP contribution in [0.4, 0.5) is 4.39 Å². The standard InChI is InChI=1S/C34H35FN8O2/c1-42(2)11-13-45-27-17-24(20-36-21-27)22-5-6-29-28(18-22)32(41-40-29)34-38-30-7-8-37-31(33(30)39-34)23-15-25(35)19-26(16-23)44-14-12-43-9-3-4-10-43/h5-8,15-21H,3-4,9-14H2,1-2H3,(H,38,39)(H,40,41). The van der Waals surface area contributed by atoms with Crippen LogP contribution in [-0.2, 0) is 0 Å². The topological polar surface area (TPSA) is 108 Å². The molecule has 1 aliphatic rings. The van der Waals surface area contributed by atoms with E-state index in [9.17, 15) is 4.39 Å². The van der Waals surface area contributed by atoms with E-state index in [1.807, 2.05) is 50.6 Å². The van der Waals surface area contributed by atoms with Gasteiger partial charge >= 0.3 is 0 Å². The van der Waals surface area contributed by atoms with Crippen LogP contribution in [0.3, 0.4) is 0 Å². The number of likely N-dealkylation sites (tertiary alicyclic amines) is 1. The first-order valence-electron chi connectivity index (χ1n) is 15.2. The number of imidazole rings is 1. The van der Waals surface area contributed by atoms with Gasteiger partial charge in [0.05, 0.1) is 22.9 Å². The van der Waals surface area contributed by atoms with Gasteiger partial charge < -0.3 is 19.4 Å². The highest BCUT2D eigenvalue weighted by atomic mass is 19.1. The molecule has 4 aromatic heterocycles. The monoisotopic (exact) mass is 606 g/mol. The molecule has 1 fully saturated rings. The molecule has 0 amide bonds. The molecule has 0 spiro atoms. The van der Waals surface area contributed by atoms with Gasteiger partial charge in [0.15, 0.2) is 5.82 Å². The van der Waals surface area contributed by atoms with Gasteiger partial charge in [-0.25, -0.2) is 9.37 Å². The lowest BCUT2D eigenvalue weighted by atomic mass is 10.0. The molecule has 45 heavy (non-hydrogen) atoms. The highest BCUT2D eigenvalue weighted by Gasteiger charge is 2.18. The molecular weight excluding hydrogens is 571 g/mol. The second-order valence-corrected chi connectivity index (χ2v) is 11.6. The number of hydrogen-bond donors (Lipinski definition) is 2. The molecule has 6 aromatic rings. The first-order valence-corrected chi connectivity index (χ1v) is 15.2. The Labute approximate surface area is 260 Å². The smallest absolute Gasteiger partial charge is 0.159 e. The number of nitrogens with zero attached hydrogens (tertiary/aromatic N) is 6. The lowest BCUT2D eigenvalue weighted by molar-refractivity contribution is 0.237. The van der Waals surface area contributed by atoms with E-state index in [1.165, 1.54) is 25.0 Å². The lowest BCUT2D eigenvalue weighted by Gasteiger charge is -2.15. The molecule has 0 unspecified atom stereocenters. The summed E-state index contributed by atoms with van der Waals surface area (Å²) >= 11 is 0. The van der Waals surface area contributed by atoms with Crippen molar-refractivity contribution in [3.05, 3.63) is 72.9 Å². The Morgan fingerprint density at radius 1 is 0.867 bits per heavy atom. The summed E-state index contributed by atoms with van der Waals surface area (Å²) in [5, 5.41) is 8.62. The molecule has 1 saturated heterocycles. The molecule has 0 atom stereocenters. The summed E-state index contributed by atoms with van der Waals surface area (Å²) in [6.45, 7) is 4.91. The maximum atomic E-state index is 14.8. The van der Waals surface area contributed by atoms with E-state index in [2.05, 4.69) is 41.0 Å². The van der Waals surface area contributed by atoms with Crippen molar-refractivity contribution >= 4 is 21.9 Å². The highest BCUT2D eigenvalue weighted by molar-refractivity contribution is 5.97. The van der Waals surface area contributed by atoms with Crippen LogP contribution in [0.15, 0.2) is 67.1 Å². The minimum Gasteiger partial charge on any atom is -0.492 e. The van der Waals surface area contributed by atoms with Crippen LogP contribution in [-0.4, -0.2) is 93.4 Å². The van der Waals surface area contributed by atoms with E-state index < -0.39 is 0 Å². The number of aromatic nitrogens is 6. The SMILES string of the molecule is CN(C)CCOc1cncc(-c2ccc3[nH]nc(-c4nc5c(-c6cc(F)cc(OCCN7CCCC7)c6)nccc5[nH]4)c3c2)c1. The van der Waals surface area contributed by atoms with Crippen LogP contribution in [0.5, 0.6) is 11.5 Å². The summed E-state index contributed by atoms with van der Waals surface area (Å²) < 4.78 is 26.6. The number of rotatable bonds is 11. The van der Waals surface area contributed by atoms with Crippen LogP contribution in [0.25, 0.3) is 55.8 Å². The van der Waals surface area contributed by atoms with E-state index in [0.717, 1.165) is 59.5 Å². The van der Waals surface area contributed by atoms with Gasteiger partial charge in [-0.15, -0.1) is 0 Å². The van der Waals surface area contributed by atoms with Gasteiger partial charge in [0.25, 0.3) is 0 Å². The number of H-pyrrole nitrogens is 2. The zero-order valence-electron chi connectivity index (χ0n) is 25.4. The Kier molecular flexibility index (Phi) is 8.10. The van der Waals surface area contributed by atoms with Crippen LogP contribution in [0, 0.1) is 5.82 Å². The molecule has 2 aromatic carbocycles. The summed E-state index contributed by atoms with van der Waals surface area (Å²) in [5.41, 5.74) is 6.03. The number of benzene rings is 2. The van der Waals surface area contributed by atoms with Gasteiger partial charge in [0.2, 0.25) is 0 Å². The summed E-state index contributed by atoms with van der Waals surface area (Å²) in [4.78, 5) is 21.7. The fourth-order valence-electron chi connectivity index (χ4n) is 5.72. The van der Waals surface area contributed by atoms with Gasteiger partial charge in [-0.1, -0.05) is 6.07 Å². The summed E-state index contributed by atoms with van der Waals surface area (Å²) in [6.07, 6.45) is 7.68. The largest absolute Gasteiger partial charge is 0.492 e. The predicted molar refractivity (Wildman–Crippen MR) is 173 cm³/mol. The zero-order chi connectivity index (χ0) is 30.8. The minimum atomic E-state index is -0.384. The van der Waals surface area contributed by atoms with Gasteiger partial charge in [-0.3, -0.25) is 20.0 Å².